The van der Waals surface area contributed by atoms with Crippen molar-refractivity contribution in [3.63, 3.8) is 0 Å². The van der Waals surface area contributed by atoms with Gasteiger partial charge in [0.15, 0.2) is 0 Å². The Balaban J connectivity index is 2.04. The fourth-order valence-corrected chi connectivity index (χ4v) is 2.10. The second-order valence-corrected chi connectivity index (χ2v) is 4.59. The molecule has 1 aromatic carbocycles. The van der Waals surface area contributed by atoms with Crippen LogP contribution in [0, 0.1) is 5.92 Å². The number of hydrogen-bond donors (Lipinski definition) is 2. The third-order valence-electron chi connectivity index (χ3n) is 3.17. The molecule has 0 bridgehead atoms. The van der Waals surface area contributed by atoms with Crippen LogP contribution in [0.4, 0.5) is 18.9 Å². The Morgan fingerprint density at radius 3 is 2.58 bits per heavy atom. The maximum absolute atomic E-state index is 12.5. The van der Waals surface area contributed by atoms with Crippen LogP contribution < -0.4 is 10.6 Å². The van der Waals surface area contributed by atoms with Gasteiger partial charge in [-0.3, -0.25) is 4.79 Å². The molecule has 1 fully saturated rings. The summed E-state index contributed by atoms with van der Waals surface area (Å²) < 4.78 is 37.6. The number of piperidine rings is 1. The molecule has 104 valence electrons. The molecule has 2 N–H and O–H groups in total. The van der Waals surface area contributed by atoms with Gasteiger partial charge in [0.1, 0.15) is 0 Å². The van der Waals surface area contributed by atoms with E-state index in [4.69, 9.17) is 0 Å². The molecule has 1 saturated heterocycles. The van der Waals surface area contributed by atoms with Crippen molar-refractivity contribution in [2.24, 2.45) is 5.92 Å². The van der Waals surface area contributed by atoms with Gasteiger partial charge in [-0.25, -0.2) is 0 Å². The lowest BCUT2D eigenvalue weighted by Gasteiger charge is -2.22. The number of alkyl halides is 3. The van der Waals surface area contributed by atoms with Gasteiger partial charge in [0, 0.05) is 11.6 Å². The van der Waals surface area contributed by atoms with Crippen LogP contribution in [0.15, 0.2) is 24.3 Å². The summed E-state index contributed by atoms with van der Waals surface area (Å²) in [6, 6.07) is 4.70. The van der Waals surface area contributed by atoms with E-state index in [1.54, 1.807) is 0 Å². The molecule has 2 rings (SSSR count). The average molecular weight is 272 g/mol. The summed E-state index contributed by atoms with van der Waals surface area (Å²) in [5.74, 6) is -0.336. The van der Waals surface area contributed by atoms with Gasteiger partial charge in [0.25, 0.3) is 0 Å². The number of anilines is 1. The maximum atomic E-state index is 12.5. The van der Waals surface area contributed by atoms with Gasteiger partial charge >= 0.3 is 6.18 Å². The molecule has 1 aliphatic heterocycles. The largest absolute Gasteiger partial charge is 0.416 e. The highest BCUT2D eigenvalue weighted by atomic mass is 19.4. The Bertz CT molecular complexity index is 453. The van der Waals surface area contributed by atoms with Crippen molar-refractivity contribution in [2.75, 3.05) is 18.4 Å². The third kappa shape index (κ3) is 3.70. The quantitative estimate of drug-likeness (QED) is 0.869. The monoisotopic (exact) mass is 272 g/mol. The summed E-state index contributed by atoms with van der Waals surface area (Å²) in [5, 5.41) is 5.69. The van der Waals surface area contributed by atoms with Crippen molar-refractivity contribution in [2.45, 2.75) is 19.0 Å². The Morgan fingerprint density at radius 1 is 1.26 bits per heavy atom. The smallest absolute Gasteiger partial charge is 0.326 e. The average Bonchev–Trinajstić information content (AvgIpc) is 2.39. The van der Waals surface area contributed by atoms with Gasteiger partial charge in [-0.15, -0.1) is 0 Å². The maximum Gasteiger partial charge on any atom is 0.416 e. The van der Waals surface area contributed by atoms with Crippen LogP contribution in [0.25, 0.3) is 0 Å². The zero-order valence-electron chi connectivity index (χ0n) is 10.3. The molecule has 0 radical (unpaired) electrons. The van der Waals surface area contributed by atoms with E-state index >= 15 is 0 Å². The predicted octanol–water partition coefficient (Wildman–Crippen LogP) is 2.64. The lowest BCUT2D eigenvalue weighted by molar-refractivity contribution is -0.137. The summed E-state index contributed by atoms with van der Waals surface area (Å²) in [4.78, 5) is 11.9. The molecule has 1 heterocycles. The second kappa shape index (κ2) is 5.61. The Labute approximate surface area is 109 Å². The number of hydrogen-bond acceptors (Lipinski definition) is 2. The Hall–Kier alpha value is -1.56. The normalized spacial score (nSPS) is 17.2. The molecular formula is C13H15F3N2O. The van der Waals surface area contributed by atoms with Crippen LogP contribution >= 0.6 is 0 Å². The highest BCUT2D eigenvalue weighted by molar-refractivity contribution is 5.92. The van der Waals surface area contributed by atoms with Crippen molar-refractivity contribution in [3.8, 4) is 0 Å². The fraction of sp³-hybridized carbons (Fsp3) is 0.462. The summed E-state index contributed by atoms with van der Waals surface area (Å²) >= 11 is 0. The molecule has 0 atom stereocenters. The van der Waals surface area contributed by atoms with Crippen molar-refractivity contribution < 1.29 is 18.0 Å². The number of halogens is 3. The van der Waals surface area contributed by atoms with E-state index in [2.05, 4.69) is 10.6 Å². The molecule has 0 unspecified atom stereocenters. The second-order valence-electron chi connectivity index (χ2n) is 4.59. The van der Waals surface area contributed by atoms with E-state index in [0.29, 0.717) is 12.8 Å². The predicted molar refractivity (Wildman–Crippen MR) is 65.7 cm³/mol. The molecular weight excluding hydrogens is 257 g/mol. The van der Waals surface area contributed by atoms with Crippen LogP contribution in [0.1, 0.15) is 18.4 Å². The highest BCUT2D eigenvalue weighted by Gasteiger charge is 2.30. The van der Waals surface area contributed by atoms with Crippen molar-refractivity contribution in [1.82, 2.24) is 5.32 Å². The molecule has 0 spiro atoms. The van der Waals surface area contributed by atoms with E-state index in [1.165, 1.54) is 12.1 Å². The highest BCUT2D eigenvalue weighted by Crippen LogP contribution is 2.30. The van der Waals surface area contributed by atoms with E-state index in [1.807, 2.05) is 0 Å². The first kappa shape index (κ1) is 13.9. The van der Waals surface area contributed by atoms with Gasteiger partial charge in [-0.2, -0.15) is 13.2 Å². The minimum absolute atomic E-state index is 0.129. The molecule has 19 heavy (non-hydrogen) atoms. The lowest BCUT2D eigenvalue weighted by Crippen LogP contribution is -2.34. The topological polar surface area (TPSA) is 41.1 Å². The molecule has 0 saturated carbocycles. The van der Waals surface area contributed by atoms with Crippen LogP contribution in [0.3, 0.4) is 0 Å². The summed E-state index contributed by atoms with van der Waals surface area (Å²) in [5.41, 5.74) is -0.561. The van der Waals surface area contributed by atoms with Crippen LogP contribution in [-0.2, 0) is 11.0 Å². The van der Waals surface area contributed by atoms with Crippen molar-refractivity contribution in [3.05, 3.63) is 29.8 Å². The zero-order chi connectivity index (χ0) is 13.9. The van der Waals surface area contributed by atoms with Crippen LogP contribution in [0.2, 0.25) is 0 Å². The number of benzene rings is 1. The molecule has 3 nitrogen and oxygen atoms in total. The van der Waals surface area contributed by atoms with E-state index < -0.39 is 11.7 Å². The molecule has 1 aromatic rings. The first-order valence-electron chi connectivity index (χ1n) is 6.15. The lowest BCUT2D eigenvalue weighted by atomic mass is 9.97. The van der Waals surface area contributed by atoms with Gasteiger partial charge in [-0.1, -0.05) is 6.07 Å². The number of amides is 1. The third-order valence-corrected chi connectivity index (χ3v) is 3.17. The summed E-state index contributed by atoms with van der Waals surface area (Å²) in [7, 11) is 0. The van der Waals surface area contributed by atoms with E-state index in [0.717, 1.165) is 25.2 Å². The molecule has 0 aromatic heterocycles. The van der Waals surface area contributed by atoms with Gasteiger partial charge in [0.05, 0.1) is 5.56 Å². The minimum atomic E-state index is -4.39. The van der Waals surface area contributed by atoms with Gasteiger partial charge < -0.3 is 10.6 Å². The van der Waals surface area contributed by atoms with E-state index in [-0.39, 0.29) is 17.5 Å². The van der Waals surface area contributed by atoms with Crippen LogP contribution in [0.5, 0.6) is 0 Å². The molecule has 1 amide bonds. The molecule has 0 aliphatic carbocycles. The standard InChI is InChI=1S/C13H15F3N2O/c14-13(15,16)10-2-1-3-11(8-10)18-12(19)9-4-6-17-7-5-9/h1-3,8-9,17H,4-7H2,(H,18,19). The first-order valence-corrected chi connectivity index (χ1v) is 6.15. The number of nitrogens with one attached hydrogen (secondary N) is 2. The SMILES string of the molecule is O=C(Nc1cccc(C(F)(F)F)c1)C1CCNCC1. The number of rotatable bonds is 2. The summed E-state index contributed by atoms with van der Waals surface area (Å²) in [6.45, 7) is 1.53. The fourth-order valence-electron chi connectivity index (χ4n) is 2.10. The molecule has 1 aliphatic rings. The molecule has 6 heteroatoms. The van der Waals surface area contributed by atoms with Crippen molar-refractivity contribution >= 4 is 11.6 Å². The number of carbonyl (C=O) groups excluding carboxylic acids is 1. The number of carbonyl (C=O) groups is 1. The van der Waals surface area contributed by atoms with Gasteiger partial charge in [-0.05, 0) is 44.1 Å². The summed E-state index contributed by atoms with van der Waals surface area (Å²) in [6.07, 6.45) is -2.97. The minimum Gasteiger partial charge on any atom is -0.326 e. The van der Waals surface area contributed by atoms with Crippen molar-refractivity contribution in [1.29, 1.82) is 0 Å². The Morgan fingerprint density at radius 2 is 1.95 bits per heavy atom. The first-order chi connectivity index (χ1) is 8.97. The van der Waals surface area contributed by atoms with Crippen LogP contribution in [-0.4, -0.2) is 19.0 Å². The zero-order valence-corrected chi connectivity index (χ0v) is 10.3. The Kier molecular flexibility index (Phi) is 4.09. The van der Waals surface area contributed by atoms with Gasteiger partial charge in [0.2, 0.25) is 5.91 Å². The van der Waals surface area contributed by atoms with E-state index in [9.17, 15) is 18.0 Å².